The molecule has 4 nitrogen and oxygen atoms in total. The molecular weight excluding hydrogens is 351 g/mol. The minimum absolute atomic E-state index is 0.225. The number of rotatable bonds is 6. The van der Waals surface area contributed by atoms with Crippen molar-refractivity contribution in [3.05, 3.63) is 65.0 Å². The van der Waals surface area contributed by atoms with E-state index in [0.717, 1.165) is 36.0 Å². The molecule has 0 amide bonds. The normalized spacial score (nSPS) is 15.9. The minimum atomic E-state index is -3.37. The van der Waals surface area contributed by atoms with Crippen molar-refractivity contribution in [2.75, 3.05) is 13.1 Å². The van der Waals surface area contributed by atoms with Gasteiger partial charge in [0.25, 0.3) is 0 Å². The molecule has 0 bridgehead atoms. The number of piperidine rings is 1. The first-order valence-corrected chi connectivity index (χ1v) is 10.5. The highest BCUT2D eigenvalue weighted by Gasteiger charge is 2.25. The highest BCUT2D eigenvalue weighted by molar-refractivity contribution is 7.89. The summed E-state index contributed by atoms with van der Waals surface area (Å²) in [5.74, 6) is -0.225. The van der Waals surface area contributed by atoms with Gasteiger partial charge in [0.15, 0.2) is 0 Å². The number of halogens is 1. The van der Waals surface area contributed by atoms with Crippen LogP contribution in [-0.2, 0) is 23.1 Å². The number of hydrogen-bond acceptors (Lipinski definition) is 3. The first-order valence-electron chi connectivity index (χ1n) is 9.02. The maximum absolute atomic E-state index is 13.1. The van der Waals surface area contributed by atoms with Gasteiger partial charge in [-0.1, -0.05) is 24.6 Å². The standard InChI is InChI=1S/C20H25FN2O2S/c1-16-13-19(21)8-7-18(16)15-22-14-17-5-9-20(10-6-17)26(24,25)23-11-3-2-4-12-23/h5-10,13,22H,2-4,11-12,14-15H2,1H3. The van der Waals surface area contributed by atoms with Crippen molar-refractivity contribution in [1.29, 1.82) is 0 Å². The van der Waals surface area contributed by atoms with Gasteiger partial charge in [-0.25, -0.2) is 12.8 Å². The Kier molecular flexibility index (Phi) is 6.06. The molecule has 1 saturated heterocycles. The topological polar surface area (TPSA) is 49.4 Å². The lowest BCUT2D eigenvalue weighted by molar-refractivity contribution is 0.346. The summed E-state index contributed by atoms with van der Waals surface area (Å²) in [6, 6.07) is 11.8. The molecule has 0 atom stereocenters. The van der Waals surface area contributed by atoms with E-state index < -0.39 is 10.0 Å². The third-order valence-corrected chi connectivity index (χ3v) is 6.74. The Balaban J connectivity index is 1.59. The Morgan fingerprint density at radius 2 is 1.69 bits per heavy atom. The van der Waals surface area contributed by atoms with Gasteiger partial charge in [-0.15, -0.1) is 0 Å². The van der Waals surface area contributed by atoms with E-state index in [9.17, 15) is 12.8 Å². The van der Waals surface area contributed by atoms with Crippen LogP contribution in [-0.4, -0.2) is 25.8 Å². The van der Waals surface area contributed by atoms with E-state index in [2.05, 4.69) is 5.32 Å². The number of nitrogens with one attached hydrogen (secondary N) is 1. The molecule has 6 heteroatoms. The summed E-state index contributed by atoms with van der Waals surface area (Å²) in [5, 5.41) is 3.32. The zero-order valence-corrected chi connectivity index (χ0v) is 15.9. The molecule has 1 fully saturated rings. The Morgan fingerprint density at radius 3 is 2.35 bits per heavy atom. The largest absolute Gasteiger partial charge is 0.309 e. The molecule has 3 rings (SSSR count). The second-order valence-electron chi connectivity index (χ2n) is 6.78. The van der Waals surface area contributed by atoms with Gasteiger partial charge < -0.3 is 5.32 Å². The molecule has 2 aromatic carbocycles. The van der Waals surface area contributed by atoms with Crippen LogP contribution < -0.4 is 5.32 Å². The summed E-state index contributed by atoms with van der Waals surface area (Å²) in [7, 11) is -3.37. The molecular formula is C20H25FN2O2S. The lowest BCUT2D eigenvalue weighted by Crippen LogP contribution is -2.35. The van der Waals surface area contributed by atoms with Crippen LogP contribution in [0.1, 0.15) is 36.0 Å². The van der Waals surface area contributed by atoms with E-state index in [1.165, 1.54) is 12.1 Å². The van der Waals surface area contributed by atoms with E-state index in [1.54, 1.807) is 22.5 Å². The summed E-state index contributed by atoms with van der Waals surface area (Å²) >= 11 is 0. The zero-order chi connectivity index (χ0) is 18.6. The van der Waals surface area contributed by atoms with Crippen molar-refractivity contribution >= 4 is 10.0 Å². The van der Waals surface area contributed by atoms with E-state index in [0.29, 0.717) is 31.1 Å². The maximum atomic E-state index is 13.1. The Morgan fingerprint density at radius 1 is 1.00 bits per heavy atom. The smallest absolute Gasteiger partial charge is 0.243 e. The van der Waals surface area contributed by atoms with Crippen molar-refractivity contribution in [1.82, 2.24) is 9.62 Å². The molecule has 1 aliphatic rings. The second kappa shape index (κ2) is 8.29. The van der Waals surface area contributed by atoms with Crippen LogP contribution in [0.25, 0.3) is 0 Å². The fourth-order valence-electron chi connectivity index (χ4n) is 3.23. The van der Waals surface area contributed by atoms with Gasteiger partial charge in [0, 0.05) is 26.2 Å². The molecule has 1 aliphatic heterocycles. The molecule has 0 radical (unpaired) electrons. The van der Waals surface area contributed by atoms with Crippen molar-refractivity contribution in [2.45, 2.75) is 44.2 Å². The van der Waals surface area contributed by atoms with Gasteiger partial charge in [0.05, 0.1) is 4.90 Å². The van der Waals surface area contributed by atoms with Crippen molar-refractivity contribution in [3.8, 4) is 0 Å². The first kappa shape index (κ1) is 19.0. The van der Waals surface area contributed by atoms with Crippen LogP contribution >= 0.6 is 0 Å². The maximum Gasteiger partial charge on any atom is 0.243 e. The molecule has 26 heavy (non-hydrogen) atoms. The molecule has 0 aromatic heterocycles. The number of sulfonamides is 1. The van der Waals surface area contributed by atoms with Gasteiger partial charge in [-0.3, -0.25) is 0 Å². The minimum Gasteiger partial charge on any atom is -0.309 e. The Bertz CT molecular complexity index is 845. The van der Waals surface area contributed by atoms with E-state index in [4.69, 9.17) is 0 Å². The summed E-state index contributed by atoms with van der Waals surface area (Å²) in [6.45, 7) is 4.38. The molecule has 0 spiro atoms. The van der Waals surface area contributed by atoms with Crippen molar-refractivity contribution in [3.63, 3.8) is 0 Å². The van der Waals surface area contributed by atoms with E-state index in [1.807, 2.05) is 19.1 Å². The number of aryl methyl sites for hydroxylation is 1. The lowest BCUT2D eigenvalue weighted by atomic mass is 10.1. The highest BCUT2D eigenvalue weighted by Crippen LogP contribution is 2.21. The fourth-order valence-corrected chi connectivity index (χ4v) is 4.75. The average molecular weight is 376 g/mol. The Hall–Kier alpha value is -1.76. The summed E-state index contributed by atoms with van der Waals surface area (Å²) in [4.78, 5) is 0.359. The van der Waals surface area contributed by atoms with Gasteiger partial charge in [0.1, 0.15) is 5.82 Å². The molecule has 0 unspecified atom stereocenters. The lowest BCUT2D eigenvalue weighted by Gasteiger charge is -2.25. The summed E-state index contributed by atoms with van der Waals surface area (Å²) in [6.07, 6.45) is 2.97. The zero-order valence-electron chi connectivity index (χ0n) is 15.0. The van der Waals surface area contributed by atoms with Crippen LogP contribution in [0.15, 0.2) is 47.4 Å². The molecule has 2 aromatic rings. The average Bonchev–Trinajstić information content (AvgIpc) is 2.65. The first-order chi connectivity index (χ1) is 12.5. The summed E-state index contributed by atoms with van der Waals surface area (Å²) < 4.78 is 40.0. The highest BCUT2D eigenvalue weighted by atomic mass is 32.2. The summed E-state index contributed by atoms with van der Waals surface area (Å²) in [5.41, 5.74) is 2.98. The van der Waals surface area contributed by atoms with Gasteiger partial charge in [0.2, 0.25) is 10.0 Å². The van der Waals surface area contributed by atoms with Crippen LogP contribution in [0.3, 0.4) is 0 Å². The Labute approximate surface area is 155 Å². The van der Waals surface area contributed by atoms with Crippen LogP contribution in [0.4, 0.5) is 4.39 Å². The predicted molar refractivity (Wildman–Crippen MR) is 101 cm³/mol. The molecule has 1 N–H and O–H groups in total. The van der Waals surface area contributed by atoms with Gasteiger partial charge >= 0.3 is 0 Å². The van der Waals surface area contributed by atoms with Crippen LogP contribution in [0, 0.1) is 12.7 Å². The fraction of sp³-hybridized carbons (Fsp3) is 0.400. The molecule has 0 saturated carbocycles. The van der Waals surface area contributed by atoms with Crippen molar-refractivity contribution in [2.24, 2.45) is 0 Å². The molecule has 0 aliphatic carbocycles. The van der Waals surface area contributed by atoms with Crippen molar-refractivity contribution < 1.29 is 12.8 Å². The van der Waals surface area contributed by atoms with Crippen LogP contribution in [0.5, 0.6) is 0 Å². The number of benzene rings is 2. The monoisotopic (exact) mass is 376 g/mol. The van der Waals surface area contributed by atoms with E-state index in [-0.39, 0.29) is 5.82 Å². The quantitative estimate of drug-likeness (QED) is 0.838. The molecule has 1 heterocycles. The predicted octanol–water partition coefficient (Wildman–Crippen LogP) is 3.60. The van der Waals surface area contributed by atoms with Crippen LogP contribution in [0.2, 0.25) is 0 Å². The number of nitrogens with zero attached hydrogens (tertiary/aromatic N) is 1. The second-order valence-corrected chi connectivity index (χ2v) is 8.72. The number of hydrogen-bond donors (Lipinski definition) is 1. The third kappa shape index (κ3) is 4.50. The third-order valence-electron chi connectivity index (χ3n) is 4.83. The van der Waals surface area contributed by atoms with E-state index >= 15 is 0 Å². The van der Waals surface area contributed by atoms with Gasteiger partial charge in [-0.2, -0.15) is 4.31 Å². The SMILES string of the molecule is Cc1cc(F)ccc1CNCc1ccc(S(=O)(=O)N2CCCCC2)cc1. The van der Waals surface area contributed by atoms with Gasteiger partial charge in [-0.05, 0) is 60.7 Å². The molecule has 140 valence electrons.